The second kappa shape index (κ2) is 4.58. The van der Waals surface area contributed by atoms with Crippen molar-refractivity contribution in [3.8, 4) is 0 Å². The summed E-state index contributed by atoms with van der Waals surface area (Å²) in [5.41, 5.74) is 2.08. The number of nitrogens with one attached hydrogen (secondary N) is 1. The average Bonchev–Trinajstić information content (AvgIpc) is 2.61. The predicted molar refractivity (Wildman–Crippen MR) is 82.2 cm³/mol. The van der Waals surface area contributed by atoms with Crippen LogP contribution in [0.2, 0.25) is 5.02 Å². The summed E-state index contributed by atoms with van der Waals surface area (Å²) < 4.78 is 3.30. The Hall–Kier alpha value is -0.450. The topological polar surface area (TPSA) is 20.7 Å². The second-order valence-electron chi connectivity index (χ2n) is 4.89. The number of aromatic amines is 1. The Kier molecular flexibility index (Phi) is 3.20. The third kappa shape index (κ3) is 1.91. The first-order valence-corrected chi connectivity index (χ1v) is 8.08. The number of H-pyrrole nitrogens is 1. The lowest BCUT2D eigenvalue weighted by atomic mass is 9.84. The highest BCUT2D eigenvalue weighted by molar-refractivity contribution is 8.00. The van der Waals surface area contributed by atoms with Crippen LogP contribution in [0, 0.1) is 4.77 Å². The van der Waals surface area contributed by atoms with E-state index in [0.717, 1.165) is 27.4 Å². The molecule has 2 nitrogen and oxygen atoms in total. The normalized spacial score (nSPS) is 17.9. The summed E-state index contributed by atoms with van der Waals surface area (Å²) in [5.74, 6) is 0. The van der Waals surface area contributed by atoms with Gasteiger partial charge in [0.25, 0.3) is 0 Å². The highest BCUT2D eigenvalue weighted by Crippen LogP contribution is 2.44. The Balaban J connectivity index is 2.11. The van der Waals surface area contributed by atoms with Crippen molar-refractivity contribution in [3.63, 3.8) is 0 Å². The van der Waals surface area contributed by atoms with Crippen molar-refractivity contribution in [2.24, 2.45) is 0 Å². The number of benzene rings is 1. The molecular formula is C13H15ClN2S2. The van der Waals surface area contributed by atoms with Gasteiger partial charge in [0, 0.05) is 11.3 Å². The van der Waals surface area contributed by atoms with Crippen LogP contribution in [-0.4, -0.2) is 20.6 Å². The van der Waals surface area contributed by atoms with E-state index in [4.69, 9.17) is 23.8 Å². The van der Waals surface area contributed by atoms with Crippen LogP contribution in [0.1, 0.15) is 19.3 Å². The Labute approximate surface area is 121 Å². The SMILES string of the molecule is CSC1(Cn2c(=S)[nH]c3cccc(Cl)c32)CCC1. The number of hydrogen-bond acceptors (Lipinski definition) is 2. The van der Waals surface area contributed by atoms with Crippen molar-refractivity contribution in [1.29, 1.82) is 0 Å². The van der Waals surface area contributed by atoms with E-state index < -0.39 is 0 Å². The van der Waals surface area contributed by atoms with Crippen LogP contribution in [0.25, 0.3) is 11.0 Å². The smallest absolute Gasteiger partial charge is 0.178 e. The van der Waals surface area contributed by atoms with E-state index >= 15 is 0 Å². The van der Waals surface area contributed by atoms with Gasteiger partial charge in [-0.25, -0.2) is 0 Å². The molecule has 0 radical (unpaired) electrons. The van der Waals surface area contributed by atoms with Crippen molar-refractivity contribution >= 4 is 46.6 Å². The quantitative estimate of drug-likeness (QED) is 0.833. The van der Waals surface area contributed by atoms with E-state index in [1.54, 1.807) is 0 Å². The number of fused-ring (bicyclic) bond motifs is 1. The lowest BCUT2D eigenvalue weighted by Gasteiger charge is -2.40. The molecule has 1 heterocycles. The van der Waals surface area contributed by atoms with Gasteiger partial charge < -0.3 is 9.55 Å². The number of rotatable bonds is 3. The van der Waals surface area contributed by atoms with E-state index in [1.807, 2.05) is 30.0 Å². The van der Waals surface area contributed by atoms with Gasteiger partial charge in [0.2, 0.25) is 0 Å². The first kappa shape index (κ1) is 12.6. The molecule has 3 rings (SSSR count). The van der Waals surface area contributed by atoms with Gasteiger partial charge in [0.05, 0.1) is 16.1 Å². The van der Waals surface area contributed by atoms with Gasteiger partial charge in [-0.15, -0.1) is 0 Å². The molecule has 0 unspecified atom stereocenters. The summed E-state index contributed by atoms with van der Waals surface area (Å²) in [5, 5.41) is 0.774. The van der Waals surface area contributed by atoms with E-state index in [1.165, 1.54) is 19.3 Å². The number of nitrogens with zero attached hydrogens (tertiary/aromatic N) is 1. The van der Waals surface area contributed by atoms with Gasteiger partial charge in [0.15, 0.2) is 4.77 Å². The van der Waals surface area contributed by atoms with Crippen LogP contribution in [-0.2, 0) is 6.54 Å². The third-order valence-corrected chi connectivity index (χ3v) is 5.92. The Morgan fingerprint density at radius 1 is 1.50 bits per heavy atom. The molecule has 1 aliphatic rings. The summed E-state index contributed by atoms with van der Waals surface area (Å²) in [6.45, 7) is 0.955. The van der Waals surface area contributed by atoms with Gasteiger partial charge in [-0.3, -0.25) is 0 Å². The van der Waals surface area contributed by atoms with Crippen LogP contribution in [0.15, 0.2) is 18.2 Å². The Morgan fingerprint density at radius 2 is 2.28 bits per heavy atom. The molecule has 2 aromatic rings. The van der Waals surface area contributed by atoms with Gasteiger partial charge in [-0.1, -0.05) is 24.1 Å². The first-order chi connectivity index (χ1) is 8.65. The maximum absolute atomic E-state index is 6.31. The lowest BCUT2D eigenvalue weighted by Crippen LogP contribution is -2.37. The maximum atomic E-state index is 6.31. The van der Waals surface area contributed by atoms with E-state index in [0.29, 0.717) is 4.75 Å². The summed E-state index contributed by atoms with van der Waals surface area (Å²) >= 11 is 13.7. The Morgan fingerprint density at radius 3 is 2.89 bits per heavy atom. The summed E-state index contributed by atoms with van der Waals surface area (Å²) in [6, 6.07) is 5.91. The molecule has 1 aromatic carbocycles. The molecule has 5 heteroatoms. The number of thioether (sulfide) groups is 1. The van der Waals surface area contributed by atoms with Crippen LogP contribution in [0.4, 0.5) is 0 Å². The fraction of sp³-hybridized carbons (Fsp3) is 0.462. The van der Waals surface area contributed by atoms with E-state index in [2.05, 4.69) is 15.8 Å². The van der Waals surface area contributed by atoms with Crippen molar-refractivity contribution < 1.29 is 0 Å². The Bertz CT molecular complexity index is 634. The van der Waals surface area contributed by atoms with Crippen molar-refractivity contribution in [3.05, 3.63) is 28.0 Å². The molecule has 1 aliphatic carbocycles. The minimum absolute atomic E-state index is 0.354. The highest BCUT2D eigenvalue weighted by atomic mass is 35.5. The summed E-state index contributed by atoms with van der Waals surface area (Å²) in [6.07, 6.45) is 6.06. The lowest BCUT2D eigenvalue weighted by molar-refractivity contribution is 0.323. The zero-order valence-corrected chi connectivity index (χ0v) is 12.6. The van der Waals surface area contributed by atoms with Gasteiger partial charge in [-0.2, -0.15) is 11.8 Å². The fourth-order valence-electron chi connectivity index (χ4n) is 2.61. The van der Waals surface area contributed by atoms with Gasteiger partial charge in [-0.05, 0) is 43.4 Å². The van der Waals surface area contributed by atoms with Crippen LogP contribution in [0.3, 0.4) is 0 Å². The molecule has 1 aromatic heterocycles. The third-order valence-electron chi connectivity index (χ3n) is 3.89. The maximum Gasteiger partial charge on any atom is 0.178 e. The number of halogens is 1. The largest absolute Gasteiger partial charge is 0.331 e. The molecular weight excluding hydrogens is 284 g/mol. The van der Waals surface area contributed by atoms with Crippen molar-refractivity contribution in [2.45, 2.75) is 30.6 Å². The molecule has 0 bridgehead atoms. The van der Waals surface area contributed by atoms with Crippen LogP contribution >= 0.6 is 35.6 Å². The van der Waals surface area contributed by atoms with Gasteiger partial charge >= 0.3 is 0 Å². The minimum Gasteiger partial charge on any atom is -0.331 e. The first-order valence-electron chi connectivity index (χ1n) is 6.07. The fourth-order valence-corrected chi connectivity index (χ4v) is 4.11. The molecule has 0 saturated heterocycles. The molecule has 1 saturated carbocycles. The monoisotopic (exact) mass is 298 g/mol. The summed E-state index contributed by atoms with van der Waals surface area (Å²) in [4.78, 5) is 3.25. The molecule has 96 valence electrons. The van der Waals surface area contributed by atoms with Crippen molar-refractivity contribution in [2.75, 3.05) is 6.26 Å². The molecule has 0 atom stereocenters. The van der Waals surface area contributed by atoms with Crippen LogP contribution in [0.5, 0.6) is 0 Å². The zero-order chi connectivity index (χ0) is 12.8. The molecule has 0 aliphatic heterocycles. The van der Waals surface area contributed by atoms with Crippen molar-refractivity contribution in [1.82, 2.24) is 9.55 Å². The van der Waals surface area contributed by atoms with Crippen LogP contribution < -0.4 is 0 Å². The zero-order valence-electron chi connectivity index (χ0n) is 10.2. The predicted octanol–water partition coefficient (Wildman–Crippen LogP) is 4.64. The number of hydrogen-bond donors (Lipinski definition) is 1. The summed E-state index contributed by atoms with van der Waals surface area (Å²) in [7, 11) is 0. The molecule has 18 heavy (non-hydrogen) atoms. The molecule has 1 N–H and O–H groups in total. The van der Waals surface area contributed by atoms with Gasteiger partial charge in [0.1, 0.15) is 0 Å². The highest BCUT2D eigenvalue weighted by Gasteiger charge is 2.37. The molecule has 0 amide bonds. The van der Waals surface area contributed by atoms with E-state index in [9.17, 15) is 0 Å². The number of aromatic nitrogens is 2. The second-order valence-corrected chi connectivity index (χ2v) is 6.96. The minimum atomic E-state index is 0.354. The van der Waals surface area contributed by atoms with E-state index in [-0.39, 0.29) is 0 Å². The molecule has 0 spiro atoms. The number of imidazole rings is 1. The standard InChI is InChI=1S/C13H15ClN2S2/c1-18-13(6-3-7-13)8-16-11-9(14)4-2-5-10(11)15-12(16)17/h2,4-5H,3,6-8H2,1H3,(H,15,17). The average molecular weight is 299 g/mol. The number of para-hydroxylation sites is 1. The molecule has 1 fully saturated rings.